The summed E-state index contributed by atoms with van der Waals surface area (Å²) in [5.74, 6) is -0.105. The Labute approximate surface area is 141 Å². The van der Waals surface area contributed by atoms with Gasteiger partial charge in [0.2, 0.25) is 0 Å². The van der Waals surface area contributed by atoms with Crippen LogP contribution in [0, 0.1) is 6.92 Å². The van der Waals surface area contributed by atoms with E-state index in [-0.39, 0.29) is 36.8 Å². The molecule has 0 aliphatic heterocycles. The van der Waals surface area contributed by atoms with Crippen LogP contribution >= 0.6 is 36.2 Å². The van der Waals surface area contributed by atoms with E-state index >= 15 is 0 Å². The Morgan fingerprint density at radius 2 is 2.14 bits per heavy atom. The second kappa shape index (κ2) is 8.87. The maximum absolute atomic E-state index is 12.3. The molecule has 0 radical (unpaired) electrons. The molecule has 1 aromatic carbocycles. The van der Waals surface area contributed by atoms with Gasteiger partial charge in [-0.3, -0.25) is 4.79 Å². The lowest BCUT2D eigenvalue weighted by atomic mass is 10.1. The Morgan fingerprint density at radius 1 is 1.43 bits per heavy atom. The van der Waals surface area contributed by atoms with Crippen molar-refractivity contribution in [3.05, 3.63) is 45.9 Å². The van der Waals surface area contributed by atoms with Gasteiger partial charge >= 0.3 is 0 Å². The van der Waals surface area contributed by atoms with Crippen LogP contribution in [-0.4, -0.2) is 10.9 Å². The second-order valence-electron chi connectivity index (χ2n) is 4.38. The van der Waals surface area contributed by atoms with E-state index in [1.807, 2.05) is 25.3 Å². The number of nitrogen functional groups attached to an aromatic ring is 1. The number of carbonyl (C=O) groups excluding carboxylic acids is 1. The van der Waals surface area contributed by atoms with E-state index in [1.165, 1.54) is 0 Å². The first-order valence-electron chi connectivity index (χ1n) is 6.18. The zero-order chi connectivity index (χ0) is 13.8. The molecule has 0 bridgehead atoms. The number of aryl methyl sites for hydroxylation is 1. The normalized spacial score (nSPS) is 11.0. The Balaban J connectivity index is 0.00000200. The smallest absolute Gasteiger partial charge is 0.252 e. The average molecular weight is 348 g/mol. The summed E-state index contributed by atoms with van der Waals surface area (Å²) in [6, 6.07) is 5.31. The molecule has 2 rings (SSSR count). The van der Waals surface area contributed by atoms with Crippen LogP contribution in [0.1, 0.15) is 40.3 Å². The van der Waals surface area contributed by atoms with Crippen LogP contribution in [0.4, 0.5) is 5.69 Å². The fraction of sp³-hybridized carbons (Fsp3) is 0.286. The molecule has 0 saturated carbocycles. The lowest BCUT2D eigenvalue weighted by molar-refractivity contribution is 0.0935. The summed E-state index contributed by atoms with van der Waals surface area (Å²) in [5.41, 5.74) is 7.87. The minimum absolute atomic E-state index is 0. The minimum atomic E-state index is -0.105. The molecule has 0 fully saturated rings. The molecule has 2 aromatic rings. The van der Waals surface area contributed by atoms with Crippen molar-refractivity contribution in [3.63, 3.8) is 0 Å². The third-order valence-electron chi connectivity index (χ3n) is 2.97. The van der Waals surface area contributed by atoms with Crippen LogP contribution in [-0.2, 0) is 0 Å². The topological polar surface area (TPSA) is 68.0 Å². The van der Waals surface area contributed by atoms with Crippen LogP contribution in [0.15, 0.2) is 29.8 Å². The van der Waals surface area contributed by atoms with E-state index in [9.17, 15) is 4.79 Å². The number of halogens is 2. The monoisotopic (exact) mass is 347 g/mol. The Hall–Kier alpha value is -1.30. The highest BCUT2D eigenvalue weighted by molar-refractivity contribution is 7.09. The van der Waals surface area contributed by atoms with Gasteiger partial charge in [0.25, 0.3) is 5.91 Å². The highest BCUT2D eigenvalue weighted by atomic mass is 35.5. The molecule has 116 valence electrons. The van der Waals surface area contributed by atoms with Gasteiger partial charge in [0, 0.05) is 22.8 Å². The van der Waals surface area contributed by atoms with Crippen LogP contribution in [0.3, 0.4) is 0 Å². The summed E-state index contributed by atoms with van der Waals surface area (Å²) >= 11 is 1.55. The number of thiazole rings is 1. The van der Waals surface area contributed by atoms with Crippen LogP contribution in [0.5, 0.6) is 0 Å². The van der Waals surface area contributed by atoms with Crippen molar-refractivity contribution in [2.24, 2.45) is 0 Å². The number of carbonyl (C=O) groups is 1. The van der Waals surface area contributed by atoms with Gasteiger partial charge in [-0.15, -0.1) is 36.2 Å². The van der Waals surface area contributed by atoms with Crippen molar-refractivity contribution in [1.82, 2.24) is 10.3 Å². The predicted molar refractivity (Wildman–Crippen MR) is 92.7 cm³/mol. The molecule has 0 saturated heterocycles. The first-order valence-corrected chi connectivity index (χ1v) is 7.06. The predicted octanol–water partition coefficient (Wildman–Crippen LogP) is 3.76. The van der Waals surface area contributed by atoms with Crippen LogP contribution in [0.25, 0.3) is 0 Å². The molecular weight excluding hydrogens is 329 g/mol. The molecule has 0 aliphatic carbocycles. The van der Waals surface area contributed by atoms with Crippen LogP contribution in [0.2, 0.25) is 0 Å². The Morgan fingerprint density at radius 3 is 2.71 bits per heavy atom. The quantitative estimate of drug-likeness (QED) is 0.827. The largest absolute Gasteiger partial charge is 0.399 e. The van der Waals surface area contributed by atoms with E-state index in [2.05, 4.69) is 10.3 Å². The van der Waals surface area contributed by atoms with E-state index < -0.39 is 0 Å². The van der Waals surface area contributed by atoms with Gasteiger partial charge in [-0.1, -0.05) is 13.0 Å². The van der Waals surface area contributed by atoms with Crippen molar-refractivity contribution in [2.45, 2.75) is 26.3 Å². The van der Waals surface area contributed by atoms with Crippen molar-refractivity contribution in [1.29, 1.82) is 0 Å². The molecule has 1 atom stereocenters. The Kier molecular flexibility index (Phi) is 8.32. The number of rotatable bonds is 4. The molecular formula is C14H19Cl2N3OS. The fourth-order valence-corrected chi connectivity index (χ4v) is 2.64. The SMILES string of the molecule is CCC(NC(=O)c1cc(N)ccc1C)c1nccs1.Cl.Cl. The third kappa shape index (κ3) is 4.88. The number of nitrogens with zero attached hydrogens (tertiary/aromatic N) is 1. The number of amides is 1. The van der Waals surface area contributed by atoms with E-state index in [1.54, 1.807) is 29.7 Å². The minimum Gasteiger partial charge on any atom is -0.399 e. The highest BCUT2D eigenvalue weighted by Gasteiger charge is 2.17. The van der Waals surface area contributed by atoms with Gasteiger partial charge in [0.15, 0.2) is 0 Å². The summed E-state index contributed by atoms with van der Waals surface area (Å²) in [4.78, 5) is 16.5. The summed E-state index contributed by atoms with van der Waals surface area (Å²) in [6.07, 6.45) is 2.56. The molecule has 3 N–H and O–H groups in total. The number of aromatic nitrogens is 1. The lowest BCUT2D eigenvalue weighted by Crippen LogP contribution is -2.28. The number of benzene rings is 1. The zero-order valence-electron chi connectivity index (χ0n) is 11.8. The second-order valence-corrected chi connectivity index (χ2v) is 5.31. The molecule has 4 nitrogen and oxygen atoms in total. The first kappa shape index (κ1) is 19.7. The average Bonchev–Trinajstić information content (AvgIpc) is 2.92. The molecule has 21 heavy (non-hydrogen) atoms. The lowest BCUT2D eigenvalue weighted by Gasteiger charge is -2.15. The van der Waals surface area contributed by atoms with Gasteiger partial charge in [-0.2, -0.15) is 0 Å². The maximum atomic E-state index is 12.3. The number of hydrogen-bond acceptors (Lipinski definition) is 4. The van der Waals surface area contributed by atoms with Crippen molar-refractivity contribution in [2.75, 3.05) is 5.73 Å². The van der Waals surface area contributed by atoms with Gasteiger partial charge in [-0.25, -0.2) is 4.98 Å². The summed E-state index contributed by atoms with van der Waals surface area (Å²) in [7, 11) is 0. The molecule has 1 amide bonds. The fourth-order valence-electron chi connectivity index (χ4n) is 1.87. The van der Waals surface area contributed by atoms with Gasteiger partial charge in [0.05, 0.1) is 6.04 Å². The molecule has 0 aliphatic rings. The van der Waals surface area contributed by atoms with Crippen molar-refractivity contribution >= 4 is 47.7 Å². The molecule has 0 spiro atoms. The molecule has 1 heterocycles. The molecule has 1 aromatic heterocycles. The van der Waals surface area contributed by atoms with Gasteiger partial charge in [0.1, 0.15) is 5.01 Å². The standard InChI is InChI=1S/C14H17N3OS.2ClH/c1-3-12(14-16-6-7-19-14)17-13(18)11-8-10(15)5-4-9(11)2;;/h4-8,12H,3,15H2,1-2H3,(H,17,18);2*1H. The van der Waals surface area contributed by atoms with Gasteiger partial charge in [-0.05, 0) is 31.0 Å². The van der Waals surface area contributed by atoms with Gasteiger partial charge < -0.3 is 11.1 Å². The maximum Gasteiger partial charge on any atom is 0.252 e. The number of hydrogen-bond donors (Lipinski definition) is 2. The zero-order valence-corrected chi connectivity index (χ0v) is 14.3. The van der Waals surface area contributed by atoms with E-state index in [0.29, 0.717) is 11.3 Å². The first-order chi connectivity index (χ1) is 9.11. The summed E-state index contributed by atoms with van der Waals surface area (Å²) in [6.45, 7) is 3.93. The number of nitrogens with two attached hydrogens (primary N) is 1. The third-order valence-corrected chi connectivity index (χ3v) is 3.86. The molecule has 7 heteroatoms. The number of anilines is 1. The molecule has 1 unspecified atom stereocenters. The highest BCUT2D eigenvalue weighted by Crippen LogP contribution is 2.20. The summed E-state index contributed by atoms with van der Waals surface area (Å²) < 4.78 is 0. The van der Waals surface area contributed by atoms with Crippen molar-refractivity contribution < 1.29 is 4.79 Å². The Bertz CT molecular complexity index is 576. The summed E-state index contributed by atoms with van der Waals surface area (Å²) in [5, 5.41) is 5.85. The van der Waals surface area contributed by atoms with Crippen molar-refractivity contribution in [3.8, 4) is 0 Å². The number of nitrogens with one attached hydrogen (secondary N) is 1. The van der Waals surface area contributed by atoms with E-state index in [0.717, 1.165) is 17.0 Å². The van der Waals surface area contributed by atoms with Crippen LogP contribution < -0.4 is 11.1 Å². The van der Waals surface area contributed by atoms with E-state index in [4.69, 9.17) is 5.73 Å².